The minimum absolute atomic E-state index is 0.0251. The van der Waals surface area contributed by atoms with Crippen LogP contribution in [0.4, 0.5) is 4.39 Å². The van der Waals surface area contributed by atoms with E-state index in [1.165, 1.54) is 22.7 Å². The summed E-state index contributed by atoms with van der Waals surface area (Å²) in [6.45, 7) is 1.88. The molecule has 1 N–H and O–H groups in total. The first-order valence-corrected chi connectivity index (χ1v) is 11.9. The molecule has 0 spiro atoms. The maximum Gasteiger partial charge on any atom is 0.242 e. The number of fused-ring (bicyclic) bond motifs is 2. The summed E-state index contributed by atoms with van der Waals surface area (Å²) in [5, 5.41) is 13.3. The van der Waals surface area contributed by atoms with E-state index in [1.54, 1.807) is 30.3 Å². The van der Waals surface area contributed by atoms with Crippen LogP contribution in [0.25, 0.3) is 27.9 Å². The first-order chi connectivity index (χ1) is 16.4. The monoisotopic (exact) mass is 478 g/mol. The van der Waals surface area contributed by atoms with Gasteiger partial charge in [-0.2, -0.15) is 4.52 Å². The fourth-order valence-electron chi connectivity index (χ4n) is 3.47. The van der Waals surface area contributed by atoms with Gasteiger partial charge in [0.05, 0.1) is 5.52 Å². The standard InChI is InChI=1S/C23H19FN6O3S/c1-15-5-6-16-3-2-4-19(22(16)26-15)34(31,32)25-13-14-33-21-12-11-20-27-28-23(30(20)29-21)17-7-9-18(24)10-8-17/h2-12,25H,13-14H2,1H3. The highest BCUT2D eigenvalue weighted by Gasteiger charge is 2.18. The Hall–Kier alpha value is -3.96. The smallest absolute Gasteiger partial charge is 0.242 e. The number of hydrogen-bond donors (Lipinski definition) is 1. The molecule has 0 unspecified atom stereocenters. The molecular formula is C23H19FN6O3S. The van der Waals surface area contributed by atoms with Crippen LogP contribution in [-0.2, 0) is 10.0 Å². The number of pyridine rings is 1. The maximum atomic E-state index is 13.2. The van der Waals surface area contributed by atoms with Gasteiger partial charge in [0, 0.05) is 29.3 Å². The van der Waals surface area contributed by atoms with Crippen LogP contribution in [0, 0.1) is 12.7 Å². The van der Waals surface area contributed by atoms with Gasteiger partial charge in [-0.1, -0.05) is 18.2 Å². The quantitative estimate of drug-likeness (QED) is 0.358. The molecule has 9 nitrogen and oxygen atoms in total. The van der Waals surface area contributed by atoms with E-state index in [-0.39, 0.29) is 29.7 Å². The Labute approximate surface area is 194 Å². The van der Waals surface area contributed by atoms with E-state index < -0.39 is 10.0 Å². The number of sulfonamides is 1. The summed E-state index contributed by atoms with van der Waals surface area (Å²) < 4.78 is 48.6. The van der Waals surface area contributed by atoms with Crippen molar-refractivity contribution in [3.8, 4) is 17.3 Å². The van der Waals surface area contributed by atoms with Gasteiger partial charge in [0.15, 0.2) is 11.5 Å². The van der Waals surface area contributed by atoms with Crippen molar-refractivity contribution in [3.63, 3.8) is 0 Å². The van der Waals surface area contributed by atoms with E-state index in [9.17, 15) is 12.8 Å². The molecule has 3 heterocycles. The van der Waals surface area contributed by atoms with Gasteiger partial charge in [-0.15, -0.1) is 15.3 Å². The van der Waals surface area contributed by atoms with Gasteiger partial charge >= 0.3 is 0 Å². The van der Waals surface area contributed by atoms with Crippen molar-refractivity contribution >= 4 is 26.6 Å². The Morgan fingerprint density at radius 2 is 1.82 bits per heavy atom. The molecule has 3 aromatic heterocycles. The molecule has 0 amide bonds. The number of hydrogen-bond acceptors (Lipinski definition) is 7. The molecular weight excluding hydrogens is 459 g/mol. The van der Waals surface area contributed by atoms with Crippen molar-refractivity contribution in [2.75, 3.05) is 13.2 Å². The molecule has 0 aliphatic heterocycles. The second-order valence-corrected chi connectivity index (χ2v) is 9.23. The SMILES string of the molecule is Cc1ccc2cccc(S(=O)(=O)NCCOc3ccc4nnc(-c5ccc(F)cc5)n4n3)c2n1. The third-order valence-electron chi connectivity index (χ3n) is 5.10. The van der Waals surface area contributed by atoms with E-state index in [4.69, 9.17) is 4.74 Å². The van der Waals surface area contributed by atoms with Crippen LogP contribution in [-0.4, -0.2) is 46.4 Å². The van der Waals surface area contributed by atoms with Crippen molar-refractivity contribution in [2.45, 2.75) is 11.8 Å². The lowest BCUT2D eigenvalue weighted by Crippen LogP contribution is -2.28. The summed E-state index contributed by atoms with van der Waals surface area (Å²) in [4.78, 5) is 4.50. The van der Waals surface area contributed by atoms with Gasteiger partial charge in [-0.25, -0.2) is 17.5 Å². The molecule has 5 aromatic rings. The van der Waals surface area contributed by atoms with Crippen LogP contribution in [0.3, 0.4) is 0 Å². The van der Waals surface area contributed by atoms with Gasteiger partial charge in [0.25, 0.3) is 0 Å². The molecule has 0 atom stereocenters. The van der Waals surface area contributed by atoms with Crippen LogP contribution < -0.4 is 9.46 Å². The van der Waals surface area contributed by atoms with Gasteiger partial charge in [0.1, 0.15) is 17.3 Å². The Morgan fingerprint density at radius 1 is 1.00 bits per heavy atom. The first kappa shape index (κ1) is 21.9. The number of para-hydroxylation sites is 1. The first-order valence-electron chi connectivity index (χ1n) is 10.4. The minimum Gasteiger partial charge on any atom is -0.475 e. The average Bonchev–Trinajstić information content (AvgIpc) is 3.25. The average molecular weight is 479 g/mol. The highest BCUT2D eigenvalue weighted by Crippen LogP contribution is 2.22. The van der Waals surface area contributed by atoms with Crippen molar-refractivity contribution in [1.82, 2.24) is 29.5 Å². The number of aromatic nitrogens is 5. The van der Waals surface area contributed by atoms with Crippen molar-refractivity contribution in [2.24, 2.45) is 0 Å². The Kier molecular flexibility index (Phi) is 5.64. The summed E-state index contributed by atoms with van der Waals surface area (Å²) >= 11 is 0. The molecule has 0 bridgehead atoms. The van der Waals surface area contributed by atoms with E-state index >= 15 is 0 Å². The number of nitrogens with one attached hydrogen (secondary N) is 1. The molecule has 0 saturated heterocycles. The summed E-state index contributed by atoms with van der Waals surface area (Å²) in [5.41, 5.74) is 2.29. The molecule has 5 rings (SSSR count). The molecule has 0 saturated carbocycles. The van der Waals surface area contributed by atoms with E-state index in [0.29, 0.717) is 22.6 Å². The molecule has 0 radical (unpaired) electrons. The molecule has 34 heavy (non-hydrogen) atoms. The fourth-order valence-corrected chi connectivity index (χ4v) is 4.66. The predicted octanol–water partition coefficient (Wildman–Crippen LogP) is 3.14. The lowest BCUT2D eigenvalue weighted by molar-refractivity contribution is 0.306. The van der Waals surface area contributed by atoms with Crippen molar-refractivity contribution < 1.29 is 17.5 Å². The number of halogens is 1. The summed E-state index contributed by atoms with van der Waals surface area (Å²) in [5.74, 6) is 0.337. The summed E-state index contributed by atoms with van der Waals surface area (Å²) in [6, 6.07) is 17.8. The summed E-state index contributed by atoms with van der Waals surface area (Å²) in [6.07, 6.45) is 0. The molecule has 0 aliphatic carbocycles. The summed E-state index contributed by atoms with van der Waals surface area (Å²) in [7, 11) is -3.80. The maximum absolute atomic E-state index is 13.2. The van der Waals surface area contributed by atoms with Crippen LogP contribution in [0.2, 0.25) is 0 Å². The zero-order valence-corrected chi connectivity index (χ0v) is 18.8. The second-order valence-electron chi connectivity index (χ2n) is 7.50. The molecule has 0 aliphatic rings. The molecule has 2 aromatic carbocycles. The van der Waals surface area contributed by atoms with E-state index in [1.807, 2.05) is 25.1 Å². The molecule has 0 fully saturated rings. The number of rotatable bonds is 7. The molecule has 11 heteroatoms. The van der Waals surface area contributed by atoms with Crippen LogP contribution in [0.1, 0.15) is 5.69 Å². The van der Waals surface area contributed by atoms with E-state index in [0.717, 1.165) is 11.1 Å². The Bertz CT molecular complexity index is 1600. The van der Waals surface area contributed by atoms with Crippen molar-refractivity contribution in [3.05, 3.63) is 78.2 Å². The fraction of sp³-hybridized carbons (Fsp3) is 0.130. The van der Waals surface area contributed by atoms with Gasteiger partial charge in [-0.3, -0.25) is 4.98 Å². The van der Waals surface area contributed by atoms with Crippen molar-refractivity contribution in [1.29, 1.82) is 0 Å². The van der Waals surface area contributed by atoms with E-state index in [2.05, 4.69) is 25.0 Å². The highest BCUT2D eigenvalue weighted by molar-refractivity contribution is 7.89. The predicted molar refractivity (Wildman–Crippen MR) is 123 cm³/mol. The minimum atomic E-state index is -3.80. The largest absolute Gasteiger partial charge is 0.475 e. The number of benzene rings is 2. The highest BCUT2D eigenvalue weighted by atomic mass is 32.2. The number of nitrogens with zero attached hydrogens (tertiary/aromatic N) is 5. The Balaban J connectivity index is 1.29. The number of aryl methyl sites for hydroxylation is 1. The zero-order chi connectivity index (χ0) is 23.7. The third kappa shape index (κ3) is 4.30. The van der Waals surface area contributed by atoms with Gasteiger partial charge in [-0.05, 0) is 49.4 Å². The molecule has 172 valence electrons. The lowest BCUT2D eigenvalue weighted by Gasteiger charge is -2.10. The third-order valence-corrected chi connectivity index (χ3v) is 6.59. The van der Waals surface area contributed by atoms with Crippen LogP contribution >= 0.6 is 0 Å². The second kappa shape index (κ2) is 8.76. The lowest BCUT2D eigenvalue weighted by atomic mass is 10.2. The normalized spacial score (nSPS) is 11.8. The van der Waals surface area contributed by atoms with Gasteiger partial charge in [0.2, 0.25) is 15.9 Å². The number of ether oxygens (including phenoxy) is 1. The topological polar surface area (TPSA) is 111 Å². The van der Waals surface area contributed by atoms with Crippen LogP contribution in [0.5, 0.6) is 5.88 Å². The van der Waals surface area contributed by atoms with Gasteiger partial charge < -0.3 is 4.74 Å². The van der Waals surface area contributed by atoms with Crippen LogP contribution in [0.15, 0.2) is 71.6 Å². The Morgan fingerprint density at radius 3 is 2.65 bits per heavy atom. The zero-order valence-electron chi connectivity index (χ0n) is 18.0.